The second-order valence-corrected chi connectivity index (χ2v) is 11.9. The van der Waals surface area contributed by atoms with E-state index in [9.17, 15) is 13.6 Å². The molecule has 1 aromatic carbocycles. The van der Waals surface area contributed by atoms with E-state index in [-0.39, 0.29) is 43.6 Å². The molecule has 3 atom stereocenters. The van der Waals surface area contributed by atoms with Gasteiger partial charge in [-0.05, 0) is 63.4 Å². The highest BCUT2D eigenvalue weighted by molar-refractivity contribution is 5.79. The number of carbonyl (C=O) groups is 1. The summed E-state index contributed by atoms with van der Waals surface area (Å²) < 4.78 is 29.8. The molecular weight excluding hydrogens is 470 g/mol. The molecule has 2 aliphatic heterocycles. The minimum atomic E-state index is -2.62. The number of imidazole rings is 1. The zero-order valence-corrected chi connectivity index (χ0v) is 22.5. The van der Waals surface area contributed by atoms with E-state index in [2.05, 4.69) is 58.9 Å². The zero-order chi connectivity index (χ0) is 26.2. The van der Waals surface area contributed by atoms with E-state index >= 15 is 0 Å². The number of aromatic nitrogens is 2. The third-order valence-electron chi connectivity index (χ3n) is 9.11. The molecule has 0 radical (unpaired) electrons. The molecule has 2 aromatic rings. The van der Waals surface area contributed by atoms with Crippen LogP contribution in [0.2, 0.25) is 0 Å². The van der Waals surface area contributed by atoms with Crippen LogP contribution in [0.1, 0.15) is 107 Å². The van der Waals surface area contributed by atoms with Crippen molar-refractivity contribution in [3.8, 4) is 0 Å². The Balaban J connectivity index is 1.24. The van der Waals surface area contributed by atoms with Crippen LogP contribution in [-0.2, 0) is 4.79 Å². The Kier molecular flexibility index (Phi) is 7.71. The number of rotatable bonds is 8. The molecule has 3 aliphatic rings. The highest BCUT2D eigenvalue weighted by atomic mass is 19.3. The van der Waals surface area contributed by atoms with Gasteiger partial charge in [0.25, 0.3) is 0 Å². The van der Waals surface area contributed by atoms with Crippen molar-refractivity contribution in [2.75, 3.05) is 6.54 Å². The summed E-state index contributed by atoms with van der Waals surface area (Å²) in [6.45, 7) is 7.55. The van der Waals surface area contributed by atoms with Crippen LogP contribution in [0.3, 0.4) is 0 Å². The number of nitrogens with zero attached hydrogens (tertiary/aromatic N) is 3. The van der Waals surface area contributed by atoms with E-state index in [0.717, 1.165) is 37.2 Å². The Labute approximate surface area is 220 Å². The summed E-state index contributed by atoms with van der Waals surface area (Å²) >= 11 is 0. The fraction of sp³-hybridized carbons (Fsp3) is 0.667. The summed E-state index contributed by atoms with van der Waals surface area (Å²) in [4.78, 5) is 20.4. The summed E-state index contributed by atoms with van der Waals surface area (Å²) in [6.07, 6.45) is 7.79. The maximum absolute atomic E-state index is 13.6. The minimum Gasteiger partial charge on any atom is -0.349 e. The molecule has 1 amide bonds. The number of hydrogen-bond donors (Lipinski definition) is 1. The van der Waals surface area contributed by atoms with Gasteiger partial charge in [-0.25, -0.2) is 13.8 Å². The molecule has 202 valence electrons. The quantitative estimate of drug-likeness (QED) is 0.436. The number of nitrogens with one attached hydrogen (secondary N) is 1. The lowest BCUT2D eigenvalue weighted by Gasteiger charge is -2.41. The van der Waals surface area contributed by atoms with E-state index in [1.807, 2.05) is 18.2 Å². The SMILES string of the molecule is Cc1ncc(C(C)C)n1C1CC2CCC(C1)N2CC[C@H](NC(=O)C1CCC(F)(F)CC1)c1ccccc1. The molecule has 1 aromatic heterocycles. The molecule has 0 spiro atoms. The van der Waals surface area contributed by atoms with E-state index < -0.39 is 5.92 Å². The fourth-order valence-corrected chi connectivity index (χ4v) is 7.07. The maximum Gasteiger partial charge on any atom is 0.248 e. The Hall–Kier alpha value is -2.28. The molecular formula is C30H42F2N4O. The summed E-state index contributed by atoms with van der Waals surface area (Å²) in [6, 6.07) is 11.6. The molecule has 37 heavy (non-hydrogen) atoms. The summed E-state index contributed by atoms with van der Waals surface area (Å²) in [5, 5.41) is 3.26. The molecule has 1 saturated carbocycles. The van der Waals surface area contributed by atoms with Crippen LogP contribution in [0.15, 0.2) is 36.5 Å². The van der Waals surface area contributed by atoms with Gasteiger partial charge in [0.1, 0.15) is 5.82 Å². The molecule has 2 bridgehead atoms. The minimum absolute atomic E-state index is 0.0668. The van der Waals surface area contributed by atoms with Crippen molar-refractivity contribution >= 4 is 5.91 Å². The molecule has 2 unspecified atom stereocenters. The summed E-state index contributed by atoms with van der Waals surface area (Å²) in [7, 11) is 0. The molecule has 1 N–H and O–H groups in total. The van der Waals surface area contributed by atoms with E-state index in [0.29, 0.717) is 24.0 Å². The van der Waals surface area contributed by atoms with Gasteiger partial charge in [-0.1, -0.05) is 44.2 Å². The van der Waals surface area contributed by atoms with Crippen LogP contribution >= 0.6 is 0 Å². The van der Waals surface area contributed by atoms with Crippen LogP contribution in [0.5, 0.6) is 0 Å². The Morgan fingerprint density at radius 1 is 1.05 bits per heavy atom. The number of piperidine rings is 1. The van der Waals surface area contributed by atoms with Gasteiger partial charge < -0.3 is 9.88 Å². The molecule has 5 nitrogen and oxygen atoms in total. The predicted molar refractivity (Wildman–Crippen MR) is 142 cm³/mol. The van der Waals surface area contributed by atoms with Crippen molar-refractivity contribution < 1.29 is 13.6 Å². The van der Waals surface area contributed by atoms with Gasteiger partial charge in [0.2, 0.25) is 11.8 Å². The highest BCUT2D eigenvalue weighted by Crippen LogP contribution is 2.43. The lowest BCUT2D eigenvalue weighted by Crippen LogP contribution is -2.45. The topological polar surface area (TPSA) is 50.2 Å². The van der Waals surface area contributed by atoms with E-state index in [1.165, 1.54) is 18.5 Å². The van der Waals surface area contributed by atoms with Crippen LogP contribution < -0.4 is 5.32 Å². The smallest absolute Gasteiger partial charge is 0.248 e. The Morgan fingerprint density at radius 3 is 2.32 bits per heavy atom. The molecule has 7 heteroatoms. The molecule has 3 heterocycles. The van der Waals surface area contributed by atoms with Gasteiger partial charge in [0.05, 0.1) is 6.04 Å². The van der Waals surface area contributed by atoms with Crippen molar-refractivity contribution in [2.45, 2.75) is 115 Å². The standard InChI is InChI=1S/C30H42F2N4O/c1-20(2)28-19-33-21(3)36(28)26-17-24-9-10-25(18-26)35(24)16-13-27(22-7-5-4-6-8-22)34-29(37)23-11-14-30(31,32)15-12-23/h4-8,19-20,23-27H,9-18H2,1-3H3,(H,34,37)/t24?,25?,26?,27-/m0/s1. The van der Waals surface area contributed by atoms with Gasteiger partial charge in [-0.3, -0.25) is 9.69 Å². The first-order valence-corrected chi connectivity index (χ1v) is 14.2. The number of carbonyl (C=O) groups excluding carboxylic acids is 1. The third-order valence-corrected chi connectivity index (χ3v) is 9.11. The number of amides is 1. The number of alkyl halides is 2. The first-order chi connectivity index (χ1) is 17.7. The van der Waals surface area contributed by atoms with Gasteiger partial charge in [0, 0.05) is 55.3 Å². The monoisotopic (exact) mass is 512 g/mol. The number of hydrogen-bond acceptors (Lipinski definition) is 3. The van der Waals surface area contributed by atoms with Crippen molar-refractivity contribution in [3.05, 3.63) is 53.6 Å². The second kappa shape index (κ2) is 10.8. The Bertz CT molecular complexity index is 1040. The van der Waals surface area contributed by atoms with Gasteiger partial charge in [0.15, 0.2) is 0 Å². The zero-order valence-electron chi connectivity index (χ0n) is 22.5. The van der Waals surface area contributed by atoms with Gasteiger partial charge in [-0.2, -0.15) is 0 Å². The molecule has 1 aliphatic carbocycles. The van der Waals surface area contributed by atoms with Gasteiger partial charge >= 0.3 is 0 Å². The van der Waals surface area contributed by atoms with Crippen LogP contribution in [-0.4, -0.2) is 44.9 Å². The van der Waals surface area contributed by atoms with Crippen molar-refractivity contribution in [1.29, 1.82) is 0 Å². The summed E-state index contributed by atoms with van der Waals surface area (Å²) in [5.74, 6) is -1.42. The van der Waals surface area contributed by atoms with Crippen molar-refractivity contribution in [3.63, 3.8) is 0 Å². The summed E-state index contributed by atoms with van der Waals surface area (Å²) in [5.41, 5.74) is 2.43. The number of halogens is 2. The molecule has 5 rings (SSSR count). The lowest BCUT2D eigenvalue weighted by molar-refractivity contribution is -0.130. The number of fused-ring (bicyclic) bond motifs is 2. The van der Waals surface area contributed by atoms with E-state index in [1.54, 1.807) is 0 Å². The first-order valence-electron chi connectivity index (χ1n) is 14.2. The molecule has 2 saturated heterocycles. The number of aryl methyl sites for hydroxylation is 1. The van der Waals surface area contributed by atoms with Gasteiger partial charge in [-0.15, -0.1) is 0 Å². The Morgan fingerprint density at radius 2 is 1.70 bits per heavy atom. The fourth-order valence-electron chi connectivity index (χ4n) is 7.07. The maximum atomic E-state index is 13.6. The van der Waals surface area contributed by atoms with Crippen molar-refractivity contribution in [2.24, 2.45) is 5.92 Å². The first kappa shape index (κ1) is 26.3. The third kappa shape index (κ3) is 5.76. The van der Waals surface area contributed by atoms with Crippen LogP contribution in [0.25, 0.3) is 0 Å². The highest BCUT2D eigenvalue weighted by Gasteiger charge is 2.42. The van der Waals surface area contributed by atoms with Crippen LogP contribution in [0.4, 0.5) is 8.78 Å². The van der Waals surface area contributed by atoms with Crippen LogP contribution in [0, 0.1) is 12.8 Å². The van der Waals surface area contributed by atoms with E-state index in [4.69, 9.17) is 0 Å². The largest absolute Gasteiger partial charge is 0.349 e. The molecule has 3 fully saturated rings. The average Bonchev–Trinajstić information content (AvgIpc) is 3.37. The normalized spacial score (nSPS) is 26.9. The van der Waals surface area contributed by atoms with Crippen molar-refractivity contribution in [1.82, 2.24) is 19.8 Å². The number of benzene rings is 1. The second-order valence-electron chi connectivity index (χ2n) is 11.9. The average molecular weight is 513 g/mol. The lowest BCUT2D eigenvalue weighted by atomic mass is 9.86. The predicted octanol–water partition coefficient (Wildman–Crippen LogP) is 6.56.